The van der Waals surface area contributed by atoms with Crippen LogP contribution in [0, 0.1) is 0 Å². The molecule has 102 valence electrons. The lowest BCUT2D eigenvalue weighted by Gasteiger charge is -2.08. The summed E-state index contributed by atoms with van der Waals surface area (Å²) in [4.78, 5) is 0. The van der Waals surface area contributed by atoms with Crippen molar-refractivity contribution in [2.75, 3.05) is 14.2 Å². The van der Waals surface area contributed by atoms with Crippen molar-refractivity contribution in [3.8, 4) is 11.6 Å². The normalized spacial score (nSPS) is 10.7. The fourth-order valence-electron chi connectivity index (χ4n) is 2.26. The summed E-state index contributed by atoms with van der Waals surface area (Å²) in [6.07, 6.45) is 0.631. The van der Waals surface area contributed by atoms with Gasteiger partial charge in [-0.2, -0.15) is 0 Å². The maximum Gasteiger partial charge on any atom is 0.200 e. The third-order valence-corrected chi connectivity index (χ3v) is 3.21. The maximum atomic E-state index is 5.37. The van der Waals surface area contributed by atoms with Gasteiger partial charge in [0.15, 0.2) is 5.65 Å². The summed E-state index contributed by atoms with van der Waals surface area (Å²) in [7, 11) is 3.31. The molecule has 0 radical (unpaired) electrons. The minimum absolute atomic E-state index is 0.631. The first-order valence-corrected chi connectivity index (χ1v) is 6.32. The molecule has 0 N–H and O–H groups in total. The molecule has 0 aliphatic rings. The number of aromatic nitrogens is 3. The fraction of sp³-hybridized carbons (Fsp3) is 0.200. The van der Waals surface area contributed by atoms with Crippen molar-refractivity contribution in [2.45, 2.75) is 6.42 Å². The highest BCUT2D eigenvalue weighted by Crippen LogP contribution is 2.22. The number of hydrogen-bond acceptors (Lipinski definition) is 4. The number of rotatable bonds is 4. The predicted molar refractivity (Wildman–Crippen MR) is 75.3 cm³/mol. The second-order valence-corrected chi connectivity index (χ2v) is 4.37. The predicted octanol–water partition coefficient (Wildman–Crippen LogP) is 2.34. The molecule has 2 aromatic heterocycles. The van der Waals surface area contributed by atoms with Gasteiger partial charge in [0.1, 0.15) is 11.6 Å². The molecule has 0 spiro atoms. The van der Waals surface area contributed by atoms with E-state index in [9.17, 15) is 0 Å². The van der Waals surface area contributed by atoms with Crippen molar-refractivity contribution < 1.29 is 9.47 Å². The quantitative estimate of drug-likeness (QED) is 0.729. The van der Waals surface area contributed by atoms with Gasteiger partial charge in [0.25, 0.3) is 0 Å². The number of para-hydroxylation sites is 1. The lowest BCUT2D eigenvalue weighted by Crippen LogP contribution is -2.01. The lowest BCUT2D eigenvalue weighted by molar-refractivity contribution is 0.390. The number of pyridine rings is 1. The second-order valence-electron chi connectivity index (χ2n) is 4.37. The Kier molecular flexibility index (Phi) is 3.25. The van der Waals surface area contributed by atoms with Gasteiger partial charge in [-0.3, -0.25) is 0 Å². The lowest BCUT2D eigenvalue weighted by atomic mass is 10.1. The van der Waals surface area contributed by atoms with Crippen LogP contribution in [0.2, 0.25) is 0 Å². The molecule has 5 heteroatoms. The highest BCUT2D eigenvalue weighted by molar-refractivity contribution is 5.44. The Bertz CT molecular complexity index is 737. The van der Waals surface area contributed by atoms with Crippen LogP contribution in [0.5, 0.6) is 11.6 Å². The summed E-state index contributed by atoms with van der Waals surface area (Å²) in [5.74, 6) is 2.39. The van der Waals surface area contributed by atoms with Crippen molar-refractivity contribution in [1.82, 2.24) is 14.6 Å². The molecular formula is C15H15N3O2. The number of benzene rings is 1. The summed E-state index contributed by atoms with van der Waals surface area (Å²) < 4.78 is 12.7. The molecule has 3 aromatic rings. The summed E-state index contributed by atoms with van der Waals surface area (Å²) in [6.45, 7) is 0. The van der Waals surface area contributed by atoms with Crippen LogP contribution in [0.1, 0.15) is 11.4 Å². The molecule has 0 saturated heterocycles. The van der Waals surface area contributed by atoms with E-state index >= 15 is 0 Å². The Morgan fingerprint density at radius 3 is 2.60 bits per heavy atom. The van der Waals surface area contributed by atoms with Crippen molar-refractivity contribution in [3.05, 3.63) is 53.9 Å². The molecule has 0 atom stereocenters. The number of ether oxygens (including phenoxy) is 2. The van der Waals surface area contributed by atoms with Gasteiger partial charge in [-0.05, 0) is 18.2 Å². The maximum absolute atomic E-state index is 5.37. The molecule has 0 bridgehead atoms. The van der Waals surface area contributed by atoms with E-state index in [4.69, 9.17) is 9.47 Å². The molecule has 0 saturated carbocycles. The van der Waals surface area contributed by atoms with Crippen molar-refractivity contribution in [3.63, 3.8) is 0 Å². The first-order chi connectivity index (χ1) is 9.83. The van der Waals surface area contributed by atoms with Gasteiger partial charge in [0, 0.05) is 12.0 Å². The van der Waals surface area contributed by atoms with Crippen LogP contribution in [0.15, 0.2) is 42.5 Å². The van der Waals surface area contributed by atoms with E-state index in [1.54, 1.807) is 14.2 Å². The van der Waals surface area contributed by atoms with Crippen LogP contribution in [0.3, 0.4) is 0 Å². The van der Waals surface area contributed by atoms with E-state index in [2.05, 4.69) is 10.2 Å². The summed E-state index contributed by atoms with van der Waals surface area (Å²) in [6, 6.07) is 13.6. The first-order valence-electron chi connectivity index (χ1n) is 6.32. The van der Waals surface area contributed by atoms with E-state index in [0.29, 0.717) is 6.42 Å². The molecule has 0 aliphatic carbocycles. The van der Waals surface area contributed by atoms with Gasteiger partial charge >= 0.3 is 0 Å². The molecule has 3 rings (SSSR count). The van der Waals surface area contributed by atoms with E-state index < -0.39 is 0 Å². The summed E-state index contributed by atoms with van der Waals surface area (Å²) in [5.41, 5.74) is 1.84. The highest BCUT2D eigenvalue weighted by atomic mass is 16.5. The Morgan fingerprint density at radius 2 is 1.80 bits per heavy atom. The smallest absolute Gasteiger partial charge is 0.200 e. The van der Waals surface area contributed by atoms with Crippen LogP contribution < -0.4 is 9.47 Å². The number of methoxy groups -OCH3 is 2. The van der Waals surface area contributed by atoms with Crippen LogP contribution in [-0.2, 0) is 6.42 Å². The monoisotopic (exact) mass is 269 g/mol. The molecule has 20 heavy (non-hydrogen) atoms. The van der Waals surface area contributed by atoms with Gasteiger partial charge < -0.3 is 9.47 Å². The molecule has 0 fully saturated rings. The van der Waals surface area contributed by atoms with Crippen LogP contribution in [0.4, 0.5) is 0 Å². The standard InChI is InChI=1S/C15H15N3O2/c1-19-12-7-4-3-6-11(12)10-14-17-16-13-8-5-9-15(20-2)18(13)14/h3-9H,10H2,1-2H3. The number of hydrogen-bond donors (Lipinski definition) is 0. The van der Waals surface area contributed by atoms with Crippen molar-refractivity contribution in [1.29, 1.82) is 0 Å². The van der Waals surface area contributed by atoms with Gasteiger partial charge in [-0.1, -0.05) is 24.3 Å². The van der Waals surface area contributed by atoms with E-state index in [0.717, 1.165) is 28.7 Å². The van der Waals surface area contributed by atoms with Gasteiger partial charge in [-0.25, -0.2) is 4.40 Å². The van der Waals surface area contributed by atoms with E-state index in [1.807, 2.05) is 46.9 Å². The molecule has 0 amide bonds. The fourth-order valence-corrected chi connectivity index (χ4v) is 2.26. The zero-order chi connectivity index (χ0) is 13.9. The van der Waals surface area contributed by atoms with Gasteiger partial charge in [0.05, 0.1) is 14.2 Å². The number of nitrogens with zero attached hydrogens (tertiary/aromatic N) is 3. The van der Waals surface area contributed by atoms with Crippen LogP contribution >= 0.6 is 0 Å². The topological polar surface area (TPSA) is 48.7 Å². The summed E-state index contributed by atoms with van der Waals surface area (Å²) >= 11 is 0. The Balaban J connectivity index is 2.07. The van der Waals surface area contributed by atoms with Gasteiger partial charge in [-0.15, -0.1) is 10.2 Å². The summed E-state index contributed by atoms with van der Waals surface area (Å²) in [5, 5.41) is 8.42. The molecule has 5 nitrogen and oxygen atoms in total. The van der Waals surface area contributed by atoms with Crippen molar-refractivity contribution in [2.24, 2.45) is 0 Å². The SMILES string of the molecule is COc1ccccc1Cc1nnc2cccc(OC)n12. The Labute approximate surface area is 116 Å². The zero-order valence-corrected chi connectivity index (χ0v) is 11.4. The Hall–Kier alpha value is -2.56. The Morgan fingerprint density at radius 1 is 0.950 bits per heavy atom. The molecule has 0 unspecified atom stereocenters. The molecular weight excluding hydrogens is 254 g/mol. The third kappa shape index (κ3) is 2.07. The minimum atomic E-state index is 0.631. The zero-order valence-electron chi connectivity index (χ0n) is 11.4. The molecule has 1 aromatic carbocycles. The first kappa shape index (κ1) is 12.5. The second kappa shape index (κ2) is 5.21. The van der Waals surface area contributed by atoms with Crippen molar-refractivity contribution >= 4 is 5.65 Å². The van der Waals surface area contributed by atoms with E-state index in [1.165, 1.54) is 0 Å². The largest absolute Gasteiger partial charge is 0.496 e. The number of fused-ring (bicyclic) bond motifs is 1. The van der Waals surface area contributed by atoms with Crippen LogP contribution in [-0.4, -0.2) is 28.8 Å². The third-order valence-electron chi connectivity index (χ3n) is 3.21. The average Bonchev–Trinajstić information content (AvgIpc) is 2.91. The van der Waals surface area contributed by atoms with E-state index in [-0.39, 0.29) is 0 Å². The molecule has 0 aliphatic heterocycles. The molecule has 2 heterocycles. The van der Waals surface area contributed by atoms with Crippen LogP contribution in [0.25, 0.3) is 5.65 Å². The average molecular weight is 269 g/mol. The minimum Gasteiger partial charge on any atom is -0.496 e. The highest BCUT2D eigenvalue weighted by Gasteiger charge is 2.12. The van der Waals surface area contributed by atoms with Gasteiger partial charge in [0.2, 0.25) is 5.88 Å².